The van der Waals surface area contributed by atoms with Crippen LogP contribution in [0.3, 0.4) is 0 Å². The number of piperidine rings is 1. The van der Waals surface area contributed by atoms with Crippen molar-refractivity contribution in [2.45, 2.75) is 69.9 Å². The summed E-state index contributed by atoms with van der Waals surface area (Å²) >= 11 is 0. The molecule has 0 aromatic heterocycles. The highest BCUT2D eigenvalue weighted by Crippen LogP contribution is 2.57. The van der Waals surface area contributed by atoms with Crippen molar-refractivity contribution < 1.29 is 19.4 Å². The Labute approximate surface area is 172 Å². The van der Waals surface area contributed by atoms with Gasteiger partial charge in [-0.15, -0.1) is 0 Å². The lowest BCUT2D eigenvalue weighted by Crippen LogP contribution is -2.43. The average molecular weight is 401 g/mol. The van der Waals surface area contributed by atoms with Crippen LogP contribution in [0.1, 0.15) is 67.9 Å². The fourth-order valence-corrected chi connectivity index (χ4v) is 4.99. The summed E-state index contributed by atoms with van der Waals surface area (Å²) in [6, 6.07) is 6.06. The molecule has 6 nitrogen and oxygen atoms in total. The second-order valence-corrected chi connectivity index (χ2v) is 9.91. The summed E-state index contributed by atoms with van der Waals surface area (Å²) in [6.07, 6.45) is 5.03. The zero-order valence-corrected chi connectivity index (χ0v) is 17.7. The molecule has 29 heavy (non-hydrogen) atoms. The van der Waals surface area contributed by atoms with Crippen molar-refractivity contribution in [2.75, 3.05) is 19.6 Å². The van der Waals surface area contributed by atoms with E-state index >= 15 is 0 Å². The first-order chi connectivity index (χ1) is 13.7. The number of carboxylic acids is 1. The maximum atomic E-state index is 12.2. The number of ether oxygens (including phenoxy) is 1. The van der Waals surface area contributed by atoms with E-state index in [-0.39, 0.29) is 11.5 Å². The van der Waals surface area contributed by atoms with E-state index < -0.39 is 11.6 Å². The molecular weight excluding hydrogens is 368 g/mol. The van der Waals surface area contributed by atoms with Gasteiger partial charge in [-0.25, -0.2) is 9.59 Å². The van der Waals surface area contributed by atoms with Crippen LogP contribution in [0.2, 0.25) is 0 Å². The zero-order chi connectivity index (χ0) is 20.8. The van der Waals surface area contributed by atoms with E-state index in [1.54, 1.807) is 6.07 Å². The molecule has 2 fully saturated rings. The lowest BCUT2D eigenvalue weighted by molar-refractivity contribution is 0.0183. The summed E-state index contributed by atoms with van der Waals surface area (Å²) in [5.74, 6) is -0.283. The van der Waals surface area contributed by atoms with E-state index in [0.29, 0.717) is 17.5 Å². The highest BCUT2D eigenvalue weighted by molar-refractivity contribution is 5.88. The van der Waals surface area contributed by atoms with Crippen LogP contribution in [0.25, 0.3) is 0 Å². The zero-order valence-electron chi connectivity index (χ0n) is 17.7. The number of fused-ring (bicyclic) bond motifs is 2. The van der Waals surface area contributed by atoms with Crippen molar-refractivity contribution in [3.8, 4) is 0 Å². The lowest BCUT2D eigenvalue weighted by atomic mass is 9.94. The van der Waals surface area contributed by atoms with Crippen molar-refractivity contribution in [1.82, 2.24) is 10.2 Å². The number of hydrogen-bond donors (Lipinski definition) is 2. The molecule has 4 rings (SSSR count). The third-order valence-corrected chi connectivity index (χ3v) is 6.73. The van der Waals surface area contributed by atoms with Crippen molar-refractivity contribution in [1.29, 1.82) is 0 Å². The van der Waals surface area contributed by atoms with Crippen molar-refractivity contribution >= 4 is 12.1 Å². The first-order valence-corrected chi connectivity index (χ1v) is 10.8. The molecule has 2 N–H and O–H groups in total. The molecule has 1 spiro atoms. The molecule has 2 atom stereocenters. The third kappa shape index (κ3) is 4.13. The molecule has 1 aromatic rings. The number of carboxylic acid groups (broad SMARTS) is 1. The summed E-state index contributed by atoms with van der Waals surface area (Å²) in [4.78, 5) is 25.4. The van der Waals surface area contributed by atoms with Gasteiger partial charge in [0.05, 0.1) is 5.56 Å². The van der Waals surface area contributed by atoms with Gasteiger partial charge in [0.1, 0.15) is 5.60 Å². The number of benzene rings is 1. The number of nitrogens with zero attached hydrogens (tertiary/aromatic N) is 1. The van der Waals surface area contributed by atoms with Gasteiger partial charge in [-0.2, -0.15) is 0 Å². The first kappa shape index (κ1) is 20.2. The van der Waals surface area contributed by atoms with E-state index in [2.05, 4.69) is 5.32 Å². The molecule has 1 heterocycles. The Kier molecular flexibility index (Phi) is 5.09. The molecular formula is C23H32N2O4. The number of hydrogen-bond acceptors (Lipinski definition) is 4. The predicted molar refractivity (Wildman–Crippen MR) is 110 cm³/mol. The lowest BCUT2D eigenvalue weighted by Gasteiger charge is -2.33. The molecule has 0 bridgehead atoms. The highest BCUT2D eigenvalue weighted by Gasteiger charge is 2.58. The van der Waals surface area contributed by atoms with Gasteiger partial charge in [-0.3, -0.25) is 0 Å². The van der Waals surface area contributed by atoms with E-state index in [4.69, 9.17) is 4.74 Å². The van der Waals surface area contributed by atoms with E-state index in [1.165, 1.54) is 11.1 Å². The third-order valence-electron chi connectivity index (χ3n) is 6.73. The highest BCUT2D eigenvalue weighted by atomic mass is 16.6. The normalized spacial score (nSPS) is 26.4. The quantitative estimate of drug-likeness (QED) is 0.808. The summed E-state index contributed by atoms with van der Waals surface area (Å²) in [7, 11) is 0. The molecule has 2 unspecified atom stereocenters. The second-order valence-electron chi connectivity index (χ2n) is 9.91. The van der Waals surface area contributed by atoms with Crippen LogP contribution in [-0.4, -0.2) is 53.3 Å². The molecule has 1 saturated carbocycles. The second kappa shape index (κ2) is 7.31. The van der Waals surface area contributed by atoms with Gasteiger partial charge in [0, 0.05) is 24.5 Å². The summed E-state index contributed by atoms with van der Waals surface area (Å²) in [6.45, 7) is 8.15. The maximum Gasteiger partial charge on any atom is 0.410 e. The van der Waals surface area contributed by atoms with Gasteiger partial charge < -0.3 is 20.1 Å². The molecule has 1 aromatic carbocycles. The predicted octanol–water partition coefficient (Wildman–Crippen LogP) is 3.58. The number of aryl methyl sites for hydroxylation is 1. The Balaban J connectivity index is 1.27. The summed E-state index contributed by atoms with van der Waals surface area (Å²) in [5.41, 5.74) is 2.64. The van der Waals surface area contributed by atoms with Crippen LogP contribution in [0.15, 0.2) is 18.2 Å². The molecule has 158 valence electrons. The minimum Gasteiger partial charge on any atom is -0.478 e. The van der Waals surface area contributed by atoms with E-state index in [9.17, 15) is 14.7 Å². The number of likely N-dealkylation sites (tertiary alicyclic amines) is 1. The smallest absolute Gasteiger partial charge is 0.410 e. The molecule has 1 saturated heterocycles. The largest absolute Gasteiger partial charge is 0.478 e. The van der Waals surface area contributed by atoms with Gasteiger partial charge in [0.25, 0.3) is 0 Å². The van der Waals surface area contributed by atoms with Gasteiger partial charge in [-0.05, 0) is 88.6 Å². The SMILES string of the molecule is CC(C)(C)OC(=O)N1CCC(CNC2CC23CCc2ccc(C(=O)O)cc23)CC1. The van der Waals surface area contributed by atoms with Crippen LogP contribution in [0.5, 0.6) is 0 Å². The molecule has 2 aliphatic carbocycles. The average Bonchev–Trinajstić information content (AvgIpc) is 3.25. The van der Waals surface area contributed by atoms with Gasteiger partial charge in [-0.1, -0.05) is 6.07 Å². The monoisotopic (exact) mass is 400 g/mol. The van der Waals surface area contributed by atoms with Crippen LogP contribution in [0.4, 0.5) is 4.79 Å². The van der Waals surface area contributed by atoms with Crippen molar-refractivity contribution in [3.05, 3.63) is 34.9 Å². The molecule has 0 radical (unpaired) electrons. The number of carbonyl (C=O) groups excluding carboxylic acids is 1. The molecule has 1 amide bonds. The Hall–Kier alpha value is -2.08. The summed E-state index contributed by atoms with van der Waals surface area (Å²) in [5, 5.41) is 13.1. The van der Waals surface area contributed by atoms with E-state index in [0.717, 1.165) is 51.7 Å². The molecule has 1 aliphatic heterocycles. The fraction of sp³-hybridized carbons (Fsp3) is 0.652. The maximum absolute atomic E-state index is 12.2. The minimum absolute atomic E-state index is 0.137. The van der Waals surface area contributed by atoms with Gasteiger partial charge in [0.15, 0.2) is 0 Å². The number of rotatable bonds is 4. The first-order valence-electron chi connectivity index (χ1n) is 10.8. The standard InChI is InChI=1S/C23H32N2O4/c1-22(2,3)29-21(28)25-10-7-15(8-11-25)14-24-19-13-23(19)9-6-16-4-5-17(20(26)27)12-18(16)23/h4-5,12,15,19,24H,6-11,13-14H2,1-3H3,(H,26,27). The molecule has 6 heteroatoms. The Morgan fingerprint density at radius 1 is 1.28 bits per heavy atom. The van der Waals surface area contributed by atoms with E-state index in [1.807, 2.05) is 37.8 Å². The number of amides is 1. The summed E-state index contributed by atoms with van der Waals surface area (Å²) < 4.78 is 5.47. The topological polar surface area (TPSA) is 78.9 Å². The number of nitrogens with one attached hydrogen (secondary N) is 1. The Morgan fingerprint density at radius 2 is 2.00 bits per heavy atom. The number of aromatic carboxylic acids is 1. The van der Waals surface area contributed by atoms with Crippen molar-refractivity contribution in [2.24, 2.45) is 5.92 Å². The number of carbonyl (C=O) groups is 2. The van der Waals surface area contributed by atoms with Crippen LogP contribution in [-0.2, 0) is 16.6 Å². The fourth-order valence-electron chi connectivity index (χ4n) is 4.99. The van der Waals surface area contributed by atoms with Gasteiger partial charge >= 0.3 is 12.1 Å². The van der Waals surface area contributed by atoms with Crippen LogP contribution in [0, 0.1) is 5.92 Å². The van der Waals surface area contributed by atoms with Crippen molar-refractivity contribution in [3.63, 3.8) is 0 Å². The van der Waals surface area contributed by atoms with Crippen LogP contribution < -0.4 is 5.32 Å². The molecule has 3 aliphatic rings. The minimum atomic E-state index is -0.850. The Bertz CT molecular complexity index is 808. The van der Waals surface area contributed by atoms with Gasteiger partial charge in [0.2, 0.25) is 0 Å². The Morgan fingerprint density at radius 3 is 2.66 bits per heavy atom. The van der Waals surface area contributed by atoms with Crippen LogP contribution >= 0.6 is 0 Å².